The number of halogens is 2. The minimum atomic E-state index is -0.518. The number of amides is 2. The van der Waals surface area contributed by atoms with Crippen LogP contribution in [0.1, 0.15) is 62.1 Å². The smallest absolute Gasteiger partial charge is 0.243 e. The van der Waals surface area contributed by atoms with Gasteiger partial charge in [-0.05, 0) is 55.9 Å². The summed E-state index contributed by atoms with van der Waals surface area (Å²) in [6.07, 6.45) is 5.84. The van der Waals surface area contributed by atoms with Gasteiger partial charge in [0.15, 0.2) is 0 Å². The lowest BCUT2D eigenvalue weighted by atomic mass is 10.0. The second kappa shape index (κ2) is 11.7. The number of rotatable bonds is 9. The Labute approximate surface area is 201 Å². The van der Waals surface area contributed by atoms with Crippen LogP contribution in [-0.4, -0.2) is 28.8 Å². The molecule has 0 heterocycles. The first-order valence-corrected chi connectivity index (χ1v) is 12.2. The standard InChI is InChI=1S/C26H32Cl2N2O2/c1-3-24(26(32)29-21-6-4-5-7-21)30(17-20-12-14-22(27)23(28)16-20)25(31)15-13-19-10-8-18(2)9-11-19/h8-12,14,16,21,24H,3-7,13,15,17H2,1-2H3,(H,29,32). The number of aryl methyl sites for hydroxylation is 2. The first-order valence-electron chi connectivity index (χ1n) is 11.5. The van der Waals surface area contributed by atoms with E-state index in [1.807, 2.05) is 19.9 Å². The molecule has 32 heavy (non-hydrogen) atoms. The number of nitrogens with zero attached hydrogens (tertiary/aromatic N) is 1. The molecule has 1 saturated carbocycles. The summed E-state index contributed by atoms with van der Waals surface area (Å²) in [5.41, 5.74) is 3.16. The van der Waals surface area contributed by atoms with Crippen LogP contribution in [0.15, 0.2) is 42.5 Å². The number of carbonyl (C=O) groups excluding carboxylic acids is 2. The molecular weight excluding hydrogens is 443 g/mol. The van der Waals surface area contributed by atoms with Gasteiger partial charge in [-0.15, -0.1) is 0 Å². The number of nitrogens with one attached hydrogen (secondary N) is 1. The Kier molecular flexibility index (Phi) is 9.01. The fourth-order valence-corrected chi connectivity index (χ4v) is 4.59. The molecule has 0 spiro atoms. The van der Waals surface area contributed by atoms with E-state index in [1.54, 1.807) is 17.0 Å². The van der Waals surface area contributed by atoms with Gasteiger partial charge < -0.3 is 10.2 Å². The Balaban J connectivity index is 1.77. The van der Waals surface area contributed by atoms with Crippen LogP contribution in [0.2, 0.25) is 10.0 Å². The van der Waals surface area contributed by atoms with Crippen LogP contribution in [0.3, 0.4) is 0 Å². The van der Waals surface area contributed by atoms with E-state index in [9.17, 15) is 9.59 Å². The summed E-state index contributed by atoms with van der Waals surface area (Å²) in [5.74, 6) is -0.104. The zero-order valence-corrected chi connectivity index (χ0v) is 20.4. The lowest BCUT2D eigenvalue weighted by molar-refractivity contribution is -0.141. The van der Waals surface area contributed by atoms with Crippen molar-refractivity contribution in [3.63, 3.8) is 0 Å². The third-order valence-electron chi connectivity index (χ3n) is 6.17. The van der Waals surface area contributed by atoms with Crippen LogP contribution in [0.5, 0.6) is 0 Å². The van der Waals surface area contributed by atoms with Crippen LogP contribution in [0.25, 0.3) is 0 Å². The molecule has 0 aromatic heterocycles. The van der Waals surface area contributed by atoms with Crippen LogP contribution in [-0.2, 0) is 22.6 Å². The van der Waals surface area contributed by atoms with Crippen LogP contribution in [0, 0.1) is 6.92 Å². The SMILES string of the molecule is CCC(C(=O)NC1CCCC1)N(Cc1ccc(Cl)c(Cl)c1)C(=O)CCc1ccc(C)cc1. The quantitative estimate of drug-likeness (QED) is 0.477. The minimum absolute atomic E-state index is 0.0370. The predicted molar refractivity (Wildman–Crippen MR) is 131 cm³/mol. The normalized spacial score (nSPS) is 14.9. The topological polar surface area (TPSA) is 49.4 Å². The van der Waals surface area contributed by atoms with Crippen molar-refractivity contribution in [2.24, 2.45) is 0 Å². The van der Waals surface area contributed by atoms with E-state index in [0.29, 0.717) is 35.9 Å². The number of hydrogen-bond donors (Lipinski definition) is 1. The summed E-state index contributed by atoms with van der Waals surface area (Å²) in [4.78, 5) is 28.2. The monoisotopic (exact) mass is 474 g/mol. The highest BCUT2D eigenvalue weighted by atomic mass is 35.5. The van der Waals surface area contributed by atoms with Crippen LogP contribution in [0.4, 0.5) is 0 Å². The van der Waals surface area contributed by atoms with Gasteiger partial charge in [0.1, 0.15) is 6.04 Å². The van der Waals surface area contributed by atoms with E-state index in [1.165, 1.54) is 5.56 Å². The molecule has 2 aromatic carbocycles. The number of carbonyl (C=O) groups is 2. The van der Waals surface area contributed by atoms with Crippen LogP contribution < -0.4 is 5.32 Å². The van der Waals surface area contributed by atoms with Crippen molar-refractivity contribution in [2.75, 3.05) is 0 Å². The fourth-order valence-electron chi connectivity index (χ4n) is 4.27. The number of benzene rings is 2. The lowest BCUT2D eigenvalue weighted by Gasteiger charge is -2.31. The molecule has 1 aliphatic carbocycles. The second-order valence-corrected chi connectivity index (χ2v) is 9.48. The Bertz CT molecular complexity index is 924. The Morgan fingerprint density at radius 2 is 1.69 bits per heavy atom. The van der Waals surface area contributed by atoms with Gasteiger partial charge >= 0.3 is 0 Å². The van der Waals surface area contributed by atoms with Gasteiger partial charge in [0.2, 0.25) is 11.8 Å². The maximum absolute atomic E-state index is 13.4. The Hall–Kier alpha value is -2.04. The van der Waals surface area contributed by atoms with Crippen molar-refractivity contribution < 1.29 is 9.59 Å². The summed E-state index contributed by atoms with van der Waals surface area (Å²) >= 11 is 12.3. The zero-order chi connectivity index (χ0) is 23.1. The summed E-state index contributed by atoms with van der Waals surface area (Å²) < 4.78 is 0. The van der Waals surface area contributed by atoms with Gasteiger partial charge in [-0.25, -0.2) is 0 Å². The van der Waals surface area contributed by atoms with Crippen LogP contribution >= 0.6 is 23.2 Å². The summed E-state index contributed by atoms with van der Waals surface area (Å²) in [6, 6.07) is 13.3. The third kappa shape index (κ3) is 6.73. The molecule has 1 atom stereocenters. The summed E-state index contributed by atoms with van der Waals surface area (Å²) in [6.45, 7) is 4.32. The highest BCUT2D eigenvalue weighted by molar-refractivity contribution is 6.42. The van der Waals surface area contributed by atoms with Gasteiger partial charge in [-0.3, -0.25) is 9.59 Å². The zero-order valence-electron chi connectivity index (χ0n) is 18.9. The maximum atomic E-state index is 13.4. The van der Waals surface area contributed by atoms with Gasteiger partial charge in [0.05, 0.1) is 10.0 Å². The summed E-state index contributed by atoms with van der Waals surface area (Å²) in [5, 5.41) is 4.09. The lowest BCUT2D eigenvalue weighted by Crippen LogP contribution is -2.51. The first-order chi connectivity index (χ1) is 15.4. The molecule has 4 nitrogen and oxygen atoms in total. The van der Waals surface area contributed by atoms with E-state index < -0.39 is 6.04 Å². The highest BCUT2D eigenvalue weighted by Crippen LogP contribution is 2.25. The highest BCUT2D eigenvalue weighted by Gasteiger charge is 2.30. The van der Waals surface area contributed by atoms with Crippen molar-refractivity contribution >= 4 is 35.0 Å². The maximum Gasteiger partial charge on any atom is 0.243 e. The van der Waals surface area contributed by atoms with Gasteiger partial charge in [-0.1, -0.05) is 78.9 Å². The summed E-state index contributed by atoms with van der Waals surface area (Å²) in [7, 11) is 0. The molecule has 0 radical (unpaired) electrons. The van der Waals surface area contributed by atoms with E-state index in [-0.39, 0.29) is 17.9 Å². The second-order valence-electron chi connectivity index (χ2n) is 8.67. The van der Waals surface area contributed by atoms with Gasteiger partial charge in [0.25, 0.3) is 0 Å². The molecule has 6 heteroatoms. The fraction of sp³-hybridized carbons (Fsp3) is 0.462. The predicted octanol–water partition coefficient (Wildman–Crippen LogP) is 6.10. The van der Waals surface area contributed by atoms with Crippen molar-refractivity contribution in [3.8, 4) is 0 Å². The van der Waals surface area contributed by atoms with Crippen molar-refractivity contribution in [2.45, 2.75) is 77.4 Å². The average molecular weight is 475 g/mol. The minimum Gasteiger partial charge on any atom is -0.352 e. The molecule has 1 unspecified atom stereocenters. The molecule has 3 rings (SSSR count). The molecule has 1 aliphatic rings. The molecule has 2 amide bonds. The van der Waals surface area contributed by atoms with Crippen molar-refractivity contribution in [1.82, 2.24) is 10.2 Å². The largest absolute Gasteiger partial charge is 0.352 e. The molecule has 0 bridgehead atoms. The molecule has 2 aromatic rings. The van der Waals surface area contributed by atoms with E-state index in [4.69, 9.17) is 23.2 Å². The molecule has 0 aliphatic heterocycles. The van der Waals surface area contributed by atoms with E-state index in [0.717, 1.165) is 36.8 Å². The first kappa shape index (κ1) is 24.6. The molecular formula is C26H32Cl2N2O2. The van der Waals surface area contributed by atoms with Gasteiger partial charge in [-0.2, -0.15) is 0 Å². The molecule has 0 saturated heterocycles. The Morgan fingerprint density at radius 1 is 1.03 bits per heavy atom. The molecule has 1 N–H and O–H groups in total. The van der Waals surface area contributed by atoms with Gasteiger partial charge in [0, 0.05) is 19.0 Å². The number of hydrogen-bond acceptors (Lipinski definition) is 2. The van der Waals surface area contributed by atoms with Crippen molar-refractivity contribution in [1.29, 1.82) is 0 Å². The average Bonchev–Trinajstić information content (AvgIpc) is 3.28. The Morgan fingerprint density at radius 3 is 2.31 bits per heavy atom. The van der Waals surface area contributed by atoms with Crippen molar-refractivity contribution in [3.05, 3.63) is 69.2 Å². The third-order valence-corrected chi connectivity index (χ3v) is 6.91. The van der Waals surface area contributed by atoms with E-state index >= 15 is 0 Å². The van der Waals surface area contributed by atoms with E-state index in [2.05, 4.69) is 29.6 Å². The molecule has 1 fully saturated rings. The molecule has 172 valence electrons.